The van der Waals surface area contributed by atoms with E-state index in [1.807, 2.05) is 6.92 Å². The molecule has 1 N–H and O–H groups in total. The van der Waals surface area contributed by atoms with Gasteiger partial charge in [0.2, 0.25) is 0 Å². The van der Waals surface area contributed by atoms with Crippen molar-refractivity contribution in [2.24, 2.45) is 0 Å². The van der Waals surface area contributed by atoms with Gasteiger partial charge in [0.1, 0.15) is 0 Å². The van der Waals surface area contributed by atoms with E-state index in [-0.39, 0.29) is 0 Å². The number of hydrogen-bond donors (Lipinski definition) is 1. The number of benzene rings is 1. The summed E-state index contributed by atoms with van der Waals surface area (Å²) in [7, 11) is 0. The molecule has 1 nitrogen and oxygen atoms in total. The molecule has 0 spiro atoms. The van der Waals surface area contributed by atoms with Crippen LogP contribution in [0.4, 0.5) is 0 Å². The van der Waals surface area contributed by atoms with Crippen molar-refractivity contribution < 1.29 is 0 Å². The Morgan fingerprint density at radius 3 is 2.72 bits per heavy atom. The van der Waals surface area contributed by atoms with Crippen molar-refractivity contribution in [3.63, 3.8) is 0 Å². The van der Waals surface area contributed by atoms with E-state index >= 15 is 0 Å². The second-order valence-electron chi connectivity index (χ2n) is 4.14. The monoisotopic (exact) mass is 371 g/mol. The molecular formula is C15H19Br2N. The first kappa shape index (κ1) is 15.8. The SMILES string of the molecule is CC#CCCC(NCCC)c1ccc(Br)cc1Br. The maximum atomic E-state index is 3.64. The molecule has 0 bridgehead atoms. The van der Waals surface area contributed by atoms with Crippen LogP contribution in [0.3, 0.4) is 0 Å². The van der Waals surface area contributed by atoms with E-state index in [9.17, 15) is 0 Å². The second-order valence-corrected chi connectivity index (χ2v) is 5.91. The van der Waals surface area contributed by atoms with Crippen LogP contribution < -0.4 is 5.32 Å². The minimum Gasteiger partial charge on any atom is -0.310 e. The molecule has 0 amide bonds. The van der Waals surface area contributed by atoms with Gasteiger partial charge in [0.25, 0.3) is 0 Å². The molecule has 0 aliphatic heterocycles. The lowest BCUT2D eigenvalue weighted by Crippen LogP contribution is -2.22. The standard InChI is InChI=1S/C15H19Br2N/c1-3-5-6-7-15(18-10-4-2)13-9-8-12(16)11-14(13)17/h8-9,11,15,18H,4,6-7,10H2,1-2H3. The van der Waals surface area contributed by atoms with Gasteiger partial charge in [-0.05, 0) is 44.0 Å². The van der Waals surface area contributed by atoms with Crippen LogP contribution in [0, 0.1) is 11.8 Å². The summed E-state index contributed by atoms with van der Waals surface area (Å²) in [6.07, 6.45) is 3.12. The lowest BCUT2D eigenvalue weighted by molar-refractivity contribution is 0.504. The highest BCUT2D eigenvalue weighted by molar-refractivity contribution is 9.11. The van der Waals surface area contributed by atoms with Gasteiger partial charge in [-0.3, -0.25) is 0 Å². The minimum absolute atomic E-state index is 0.369. The van der Waals surface area contributed by atoms with Crippen molar-refractivity contribution in [1.29, 1.82) is 0 Å². The second kappa shape index (κ2) is 8.74. The first-order valence-corrected chi connectivity index (χ1v) is 7.85. The predicted octanol–water partition coefficient (Wildman–Crippen LogP) is 5.06. The third-order valence-corrected chi connectivity index (χ3v) is 3.89. The number of nitrogens with one attached hydrogen (secondary N) is 1. The Kier molecular flexibility index (Phi) is 7.65. The zero-order valence-electron chi connectivity index (χ0n) is 10.9. The fraction of sp³-hybridized carbons (Fsp3) is 0.467. The Hall–Kier alpha value is -0.300. The zero-order chi connectivity index (χ0) is 13.4. The van der Waals surface area contributed by atoms with Gasteiger partial charge >= 0.3 is 0 Å². The summed E-state index contributed by atoms with van der Waals surface area (Å²) >= 11 is 7.13. The Balaban J connectivity index is 2.81. The molecule has 0 radical (unpaired) electrons. The highest BCUT2D eigenvalue weighted by Gasteiger charge is 2.13. The van der Waals surface area contributed by atoms with Crippen LogP contribution in [-0.4, -0.2) is 6.54 Å². The quantitative estimate of drug-likeness (QED) is 0.688. The van der Waals surface area contributed by atoms with Gasteiger partial charge in [0, 0.05) is 21.4 Å². The van der Waals surface area contributed by atoms with Crippen molar-refractivity contribution in [2.75, 3.05) is 6.54 Å². The molecule has 0 saturated carbocycles. The molecule has 98 valence electrons. The normalized spacial score (nSPS) is 11.8. The molecule has 0 aliphatic carbocycles. The van der Waals surface area contributed by atoms with Gasteiger partial charge in [-0.15, -0.1) is 11.8 Å². The Labute approximate surface area is 127 Å². The Morgan fingerprint density at radius 1 is 1.33 bits per heavy atom. The maximum absolute atomic E-state index is 3.64. The number of hydrogen-bond acceptors (Lipinski definition) is 1. The highest BCUT2D eigenvalue weighted by atomic mass is 79.9. The molecule has 0 fully saturated rings. The Bertz CT molecular complexity index is 432. The van der Waals surface area contributed by atoms with Gasteiger partial charge < -0.3 is 5.32 Å². The molecule has 0 aromatic heterocycles. The first-order chi connectivity index (χ1) is 8.69. The third kappa shape index (κ3) is 5.14. The summed E-state index contributed by atoms with van der Waals surface area (Å²) in [4.78, 5) is 0. The van der Waals surface area contributed by atoms with E-state index in [0.717, 1.165) is 34.8 Å². The van der Waals surface area contributed by atoms with Crippen LogP contribution in [0.25, 0.3) is 0 Å². The average Bonchev–Trinajstić information content (AvgIpc) is 2.34. The topological polar surface area (TPSA) is 12.0 Å². The fourth-order valence-corrected chi connectivity index (χ4v) is 3.14. The Morgan fingerprint density at radius 2 is 2.11 bits per heavy atom. The zero-order valence-corrected chi connectivity index (χ0v) is 14.1. The van der Waals surface area contributed by atoms with E-state index < -0.39 is 0 Å². The maximum Gasteiger partial charge on any atom is 0.0340 e. The molecule has 1 unspecified atom stereocenters. The fourth-order valence-electron chi connectivity index (χ4n) is 1.81. The predicted molar refractivity (Wildman–Crippen MR) is 85.6 cm³/mol. The van der Waals surface area contributed by atoms with Gasteiger partial charge in [-0.1, -0.05) is 44.8 Å². The summed E-state index contributed by atoms with van der Waals surface area (Å²) in [5.74, 6) is 6.10. The van der Waals surface area contributed by atoms with E-state index in [2.05, 4.69) is 74.1 Å². The van der Waals surface area contributed by atoms with E-state index in [1.165, 1.54) is 5.56 Å². The third-order valence-electron chi connectivity index (χ3n) is 2.71. The molecule has 1 atom stereocenters. The van der Waals surface area contributed by atoms with Crippen molar-refractivity contribution in [2.45, 2.75) is 39.2 Å². The summed E-state index contributed by atoms with van der Waals surface area (Å²) in [5, 5.41) is 3.59. The largest absolute Gasteiger partial charge is 0.310 e. The summed E-state index contributed by atoms with van der Waals surface area (Å²) in [6.45, 7) is 5.11. The van der Waals surface area contributed by atoms with Gasteiger partial charge in [0.15, 0.2) is 0 Å². The summed E-state index contributed by atoms with van der Waals surface area (Å²) in [5.41, 5.74) is 1.31. The number of rotatable bonds is 6. The molecular weight excluding hydrogens is 354 g/mol. The summed E-state index contributed by atoms with van der Waals surface area (Å²) in [6, 6.07) is 6.72. The van der Waals surface area contributed by atoms with Crippen molar-refractivity contribution in [3.8, 4) is 11.8 Å². The van der Waals surface area contributed by atoms with Crippen LogP contribution in [0.1, 0.15) is 44.7 Å². The molecule has 0 saturated heterocycles. The molecule has 1 aromatic rings. The van der Waals surface area contributed by atoms with Crippen molar-refractivity contribution >= 4 is 31.9 Å². The van der Waals surface area contributed by atoms with Crippen LogP contribution in [0.2, 0.25) is 0 Å². The summed E-state index contributed by atoms with van der Waals surface area (Å²) < 4.78 is 2.25. The molecule has 1 aromatic carbocycles. The van der Waals surface area contributed by atoms with Crippen molar-refractivity contribution in [3.05, 3.63) is 32.7 Å². The minimum atomic E-state index is 0.369. The van der Waals surface area contributed by atoms with Crippen LogP contribution in [0.15, 0.2) is 27.1 Å². The van der Waals surface area contributed by atoms with Crippen LogP contribution >= 0.6 is 31.9 Å². The molecule has 1 rings (SSSR count). The van der Waals surface area contributed by atoms with Crippen LogP contribution in [0.5, 0.6) is 0 Å². The van der Waals surface area contributed by atoms with Gasteiger partial charge in [-0.25, -0.2) is 0 Å². The smallest absolute Gasteiger partial charge is 0.0340 e. The van der Waals surface area contributed by atoms with E-state index in [4.69, 9.17) is 0 Å². The number of halogens is 2. The lowest BCUT2D eigenvalue weighted by atomic mass is 10.0. The van der Waals surface area contributed by atoms with Crippen molar-refractivity contribution in [1.82, 2.24) is 5.32 Å². The van der Waals surface area contributed by atoms with Gasteiger partial charge in [0.05, 0.1) is 0 Å². The van der Waals surface area contributed by atoms with E-state index in [1.54, 1.807) is 0 Å². The van der Waals surface area contributed by atoms with Crippen LogP contribution in [-0.2, 0) is 0 Å². The highest BCUT2D eigenvalue weighted by Crippen LogP contribution is 2.29. The molecule has 18 heavy (non-hydrogen) atoms. The lowest BCUT2D eigenvalue weighted by Gasteiger charge is -2.19. The average molecular weight is 373 g/mol. The first-order valence-electron chi connectivity index (χ1n) is 6.27. The molecule has 3 heteroatoms. The molecule has 0 aliphatic rings. The van der Waals surface area contributed by atoms with E-state index in [0.29, 0.717) is 6.04 Å². The molecule has 0 heterocycles. The van der Waals surface area contributed by atoms with Gasteiger partial charge in [-0.2, -0.15) is 0 Å².